The van der Waals surface area contributed by atoms with Gasteiger partial charge in [0, 0.05) is 18.7 Å². The lowest BCUT2D eigenvalue weighted by atomic mass is 9.74. The van der Waals surface area contributed by atoms with Gasteiger partial charge in [-0.1, -0.05) is 12.8 Å². The van der Waals surface area contributed by atoms with Gasteiger partial charge in [0.25, 0.3) is 0 Å². The summed E-state index contributed by atoms with van der Waals surface area (Å²) >= 11 is 0. The van der Waals surface area contributed by atoms with Crippen molar-refractivity contribution in [3.8, 4) is 0 Å². The predicted molar refractivity (Wildman–Crippen MR) is 78.4 cm³/mol. The minimum atomic E-state index is -0.338. The predicted octanol–water partition coefficient (Wildman–Crippen LogP) is 2.00. The number of nitrogens with two attached hydrogens (primary N) is 1. The molecule has 2 fully saturated rings. The fraction of sp³-hybridized carbons (Fsp3) is 0.929. The molecule has 0 aromatic rings. The van der Waals surface area contributed by atoms with Crippen LogP contribution < -0.4 is 11.1 Å². The lowest BCUT2D eigenvalue weighted by Crippen LogP contribution is -2.53. The van der Waals surface area contributed by atoms with E-state index in [2.05, 4.69) is 5.32 Å². The first-order valence-electron chi connectivity index (χ1n) is 7.28. The number of hydrogen-bond acceptors (Lipinski definition) is 3. The van der Waals surface area contributed by atoms with Gasteiger partial charge in [-0.3, -0.25) is 4.79 Å². The van der Waals surface area contributed by atoms with Crippen molar-refractivity contribution in [2.24, 2.45) is 11.7 Å². The molecule has 1 aliphatic heterocycles. The van der Waals surface area contributed by atoms with Crippen molar-refractivity contribution in [2.45, 2.75) is 63.5 Å². The average Bonchev–Trinajstić information content (AvgIpc) is 2.37. The molecular formula is C14H27ClN2O2. The van der Waals surface area contributed by atoms with Crippen molar-refractivity contribution >= 4 is 18.3 Å². The van der Waals surface area contributed by atoms with Crippen LogP contribution in [0.3, 0.4) is 0 Å². The molecule has 3 N–H and O–H groups in total. The Morgan fingerprint density at radius 2 is 2.05 bits per heavy atom. The maximum atomic E-state index is 12.2. The zero-order chi connectivity index (χ0) is 13.0. The van der Waals surface area contributed by atoms with Gasteiger partial charge in [-0.15, -0.1) is 12.4 Å². The Kier molecular flexibility index (Phi) is 6.57. The summed E-state index contributed by atoms with van der Waals surface area (Å²) in [6.45, 7) is 3.48. The van der Waals surface area contributed by atoms with Gasteiger partial charge in [-0.05, 0) is 39.0 Å². The first-order valence-corrected chi connectivity index (χ1v) is 7.28. The fourth-order valence-electron chi connectivity index (χ4n) is 3.09. The van der Waals surface area contributed by atoms with Crippen LogP contribution in [0.1, 0.15) is 51.9 Å². The molecular weight excluding hydrogens is 264 g/mol. The Bertz CT molecular complexity index is 291. The molecule has 0 aromatic heterocycles. The molecule has 112 valence electrons. The van der Waals surface area contributed by atoms with Crippen LogP contribution in [0, 0.1) is 5.92 Å². The standard InChI is InChI=1S/C14H26N2O2.ClH/c1-14(15)8-4-2-7-12(14)13(17)16-10-11-6-3-5-9-18-11;/h11-12H,2-10,15H2,1H3,(H,16,17);1H. The molecule has 2 rings (SSSR count). The summed E-state index contributed by atoms with van der Waals surface area (Å²) in [6, 6.07) is 0. The molecule has 19 heavy (non-hydrogen) atoms. The van der Waals surface area contributed by atoms with Crippen molar-refractivity contribution in [1.29, 1.82) is 0 Å². The second kappa shape index (κ2) is 7.46. The summed E-state index contributed by atoms with van der Waals surface area (Å²) in [5.74, 6) is 0.0868. The lowest BCUT2D eigenvalue weighted by Gasteiger charge is -2.37. The van der Waals surface area contributed by atoms with E-state index in [1.54, 1.807) is 0 Å². The van der Waals surface area contributed by atoms with Gasteiger partial charge in [0.1, 0.15) is 0 Å². The van der Waals surface area contributed by atoms with Crippen LogP contribution >= 0.6 is 12.4 Å². The van der Waals surface area contributed by atoms with E-state index in [1.165, 1.54) is 6.42 Å². The number of ether oxygens (including phenoxy) is 1. The van der Waals surface area contributed by atoms with Crippen LogP contribution in [0.2, 0.25) is 0 Å². The highest BCUT2D eigenvalue weighted by Gasteiger charge is 2.37. The zero-order valence-corrected chi connectivity index (χ0v) is 12.6. The van der Waals surface area contributed by atoms with Crippen LogP contribution in [0.25, 0.3) is 0 Å². The molecule has 1 saturated carbocycles. The number of carbonyl (C=O) groups excluding carboxylic acids is 1. The van der Waals surface area contributed by atoms with E-state index in [1.807, 2.05) is 6.92 Å². The molecule has 3 atom stereocenters. The Labute approximate surface area is 122 Å². The summed E-state index contributed by atoms with van der Waals surface area (Å²) in [4.78, 5) is 12.2. The van der Waals surface area contributed by atoms with Crippen LogP contribution in [0.15, 0.2) is 0 Å². The number of amides is 1. The van der Waals surface area contributed by atoms with E-state index in [0.717, 1.165) is 45.1 Å². The number of carbonyl (C=O) groups is 1. The number of halogens is 1. The first-order chi connectivity index (χ1) is 8.59. The Morgan fingerprint density at radius 3 is 2.68 bits per heavy atom. The van der Waals surface area contributed by atoms with E-state index < -0.39 is 0 Å². The smallest absolute Gasteiger partial charge is 0.225 e. The van der Waals surface area contributed by atoms with Crippen LogP contribution in [-0.4, -0.2) is 30.7 Å². The summed E-state index contributed by atoms with van der Waals surface area (Å²) in [5.41, 5.74) is 5.90. The highest BCUT2D eigenvalue weighted by molar-refractivity contribution is 5.85. The molecule has 1 amide bonds. The molecule has 5 heteroatoms. The number of nitrogens with one attached hydrogen (secondary N) is 1. The van der Waals surface area contributed by atoms with Gasteiger partial charge in [-0.2, -0.15) is 0 Å². The molecule has 1 saturated heterocycles. The number of rotatable bonds is 3. The molecule has 2 aliphatic rings. The molecule has 1 aliphatic carbocycles. The highest BCUT2D eigenvalue weighted by Crippen LogP contribution is 2.31. The average molecular weight is 291 g/mol. The minimum Gasteiger partial charge on any atom is -0.376 e. The SMILES string of the molecule is CC1(N)CCCCC1C(=O)NCC1CCCCO1.Cl. The summed E-state index contributed by atoms with van der Waals surface area (Å²) in [5, 5.41) is 3.03. The van der Waals surface area contributed by atoms with Crippen LogP contribution in [-0.2, 0) is 9.53 Å². The van der Waals surface area contributed by atoms with Gasteiger partial charge >= 0.3 is 0 Å². The molecule has 1 heterocycles. The monoisotopic (exact) mass is 290 g/mol. The third-order valence-corrected chi connectivity index (χ3v) is 4.35. The lowest BCUT2D eigenvalue weighted by molar-refractivity contribution is -0.129. The van der Waals surface area contributed by atoms with Crippen LogP contribution in [0.5, 0.6) is 0 Å². The van der Waals surface area contributed by atoms with E-state index in [4.69, 9.17) is 10.5 Å². The summed E-state index contributed by atoms with van der Waals surface area (Å²) < 4.78 is 5.62. The second-order valence-corrected chi connectivity index (χ2v) is 6.04. The van der Waals surface area contributed by atoms with Gasteiger partial charge < -0.3 is 15.8 Å². The van der Waals surface area contributed by atoms with E-state index >= 15 is 0 Å². The topological polar surface area (TPSA) is 64.4 Å². The Balaban J connectivity index is 0.00000180. The summed E-state index contributed by atoms with van der Waals surface area (Å²) in [7, 11) is 0. The van der Waals surface area contributed by atoms with Crippen molar-refractivity contribution in [3.05, 3.63) is 0 Å². The first kappa shape index (κ1) is 16.7. The van der Waals surface area contributed by atoms with Crippen molar-refractivity contribution < 1.29 is 9.53 Å². The third-order valence-electron chi connectivity index (χ3n) is 4.35. The zero-order valence-electron chi connectivity index (χ0n) is 11.8. The second-order valence-electron chi connectivity index (χ2n) is 6.04. The quantitative estimate of drug-likeness (QED) is 0.835. The molecule has 3 unspecified atom stereocenters. The van der Waals surface area contributed by atoms with Gasteiger partial charge in [0.15, 0.2) is 0 Å². The normalized spacial score (nSPS) is 35.3. The maximum Gasteiger partial charge on any atom is 0.225 e. The van der Waals surface area contributed by atoms with Crippen LogP contribution in [0.4, 0.5) is 0 Å². The molecule has 0 spiro atoms. The highest BCUT2D eigenvalue weighted by atomic mass is 35.5. The summed E-state index contributed by atoms with van der Waals surface area (Å²) in [6.07, 6.45) is 7.75. The van der Waals surface area contributed by atoms with E-state index in [0.29, 0.717) is 6.54 Å². The van der Waals surface area contributed by atoms with Gasteiger partial charge in [0.05, 0.1) is 12.0 Å². The number of hydrogen-bond donors (Lipinski definition) is 2. The van der Waals surface area contributed by atoms with Crippen molar-refractivity contribution in [1.82, 2.24) is 5.32 Å². The maximum absolute atomic E-state index is 12.2. The minimum absolute atomic E-state index is 0. The van der Waals surface area contributed by atoms with Crippen molar-refractivity contribution in [2.75, 3.05) is 13.2 Å². The van der Waals surface area contributed by atoms with Gasteiger partial charge in [0.2, 0.25) is 5.91 Å². The third kappa shape index (κ3) is 4.62. The van der Waals surface area contributed by atoms with E-state index in [9.17, 15) is 4.79 Å². The van der Waals surface area contributed by atoms with E-state index in [-0.39, 0.29) is 35.9 Å². The fourth-order valence-corrected chi connectivity index (χ4v) is 3.09. The molecule has 0 bridgehead atoms. The molecule has 0 radical (unpaired) electrons. The Morgan fingerprint density at radius 1 is 1.32 bits per heavy atom. The van der Waals surface area contributed by atoms with Gasteiger partial charge in [-0.25, -0.2) is 0 Å². The van der Waals surface area contributed by atoms with Crippen molar-refractivity contribution in [3.63, 3.8) is 0 Å². The largest absolute Gasteiger partial charge is 0.376 e. The molecule has 0 aromatic carbocycles. The Hall–Kier alpha value is -0.320. The molecule has 4 nitrogen and oxygen atoms in total.